The van der Waals surface area contributed by atoms with Gasteiger partial charge in [0.05, 0.1) is 12.7 Å². The minimum atomic E-state index is -0.431. The second-order valence-electron chi connectivity index (χ2n) is 5.12. The molecule has 18 heavy (non-hydrogen) atoms. The molecule has 0 aromatic carbocycles. The lowest BCUT2D eigenvalue weighted by Crippen LogP contribution is -2.57. The van der Waals surface area contributed by atoms with Crippen molar-refractivity contribution in [3.63, 3.8) is 0 Å². The molecule has 0 radical (unpaired) electrons. The van der Waals surface area contributed by atoms with E-state index in [4.69, 9.17) is 10.00 Å². The molecule has 1 fully saturated rings. The van der Waals surface area contributed by atoms with Crippen LogP contribution < -0.4 is 0 Å². The van der Waals surface area contributed by atoms with Crippen molar-refractivity contribution >= 4 is 5.97 Å². The number of esters is 1. The zero-order valence-corrected chi connectivity index (χ0v) is 11.8. The first kappa shape index (κ1) is 14.9. The summed E-state index contributed by atoms with van der Waals surface area (Å²) < 4.78 is 5.03. The monoisotopic (exact) mass is 253 g/mol. The Morgan fingerprint density at radius 1 is 1.39 bits per heavy atom. The van der Waals surface area contributed by atoms with Crippen molar-refractivity contribution < 1.29 is 9.53 Å². The van der Waals surface area contributed by atoms with E-state index in [0.29, 0.717) is 6.61 Å². The molecule has 0 spiro atoms. The molecule has 1 saturated heterocycles. The average molecular weight is 253 g/mol. The van der Waals surface area contributed by atoms with E-state index < -0.39 is 5.54 Å². The maximum absolute atomic E-state index is 11.6. The van der Waals surface area contributed by atoms with Crippen LogP contribution in [0.1, 0.15) is 27.7 Å². The van der Waals surface area contributed by atoms with E-state index in [0.717, 1.165) is 26.2 Å². The maximum atomic E-state index is 11.6. The molecule has 102 valence electrons. The highest BCUT2D eigenvalue weighted by molar-refractivity contribution is 5.75. The highest BCUT2D eigenvalue weighted by Crippen LogP contribution is 2.17. The van der Waals surface area contributed by atoms with Gasteiger partial charge in [0, 0.05) is 26.2 Å². The van der Waals surface area contributed by atoms with Crippen LogP contribution in [0.2, 0.25) is 0 Å². The Morgan fingerprint density at radius 2 is 1.94 bits per heavy atom. The van der Waals surface area contributed by atoms with Crippen molar-refractivity contribution in [2.45, 2.75) is 39.3 Å². The molecule has 0 aliphatic carbocycles. The lowest BCUT2D eigenvalue weighted by atomic mass is 10.0. The largest absolute Gasteiger partial charge is 0.465 e. The van der Waals surface area contributed by atoms with Crippen LogP contribution >= 0.6 is 0 Å². The SMILES string of the molecule is CCOC(=O)C(C)N1CCN(C(C)(C)C#N)CC1. The van der Waals surface area contributed by atoms with Gasteiger partial charge < -0.3 is 4.74 Å². The van der Waals surface area contributed by atoms with Gasteiger partial charge in [-0.25, -0.2) is 0 Å². The Balaban J connectivity index is 2.49. The molecule has 0 N–H and O–H groups in total. The fourth-order valence-corrected chi connectivity index (χ4v) is 2.15. The highest BCUT2D eigenvalue weighted by Gasteiger charge is 2.32. The van der Waals surface area contributed by atoms with Crippen LogP contribution in [0.15, 0.2) is 0 Å². The number of carbonyl (C=O) groups excluding carboxylic acids is 1. The van der Waals surface area contributed by atoms with Gasteiger partial charge in [-0.15, -0.1) is 0 Å². The summed E-state index contributed by atoms with van der Waals surface area (Å²) in [6.45, 7) is 11.2. The topological polar surface area (TPSA) is 56.6 Å². The van der Waals surface area contributed by atoms with Crippen LogP contribution in [0, 0.1) is 11.3 Å². The fraction of sp³-hybridized carbons (Fsp3) is 0.846. The molecule has 1 atom stereocenters. The third-order valence-electron chi connectivity index (χ3n) is 3.55. The van der Waals surface area contributed by atoms with Crippen molar-refractivity contribution in [3.05, 3.63) is 0 Å². The van der Waals surface area contributed by atoms with E-state index in [1.54, 1.807) is 0 Å². The standard InChI is InChI=1S/C13H23N3O2/c1-5-18-12(17)11(2)15-6-8-16(9-7-15)13(3,4)10-14/h11H,5-9H2,1-4H3. The number of ether oxygens (including phenoxy) is 1. The zero-order valence-electron chi connectivity index (χ0n) is 11.8. The second-order valence-corrected chi connectivity index (χ2v) is 5.12. The fourth-order valence-electron chi connectivity index (χ4n) is 2.15. The van der Waals surface area contributed by atoms with Crippen molar-refractivity contribution in [2.75, 3.05) is 32.8 Å². The molecule has 5 nitrogen and oxygen atoms in total. The molecule has 0 aromatic rings. The maximum Gasteiger partial charge on any atom is 0.323 e. The molecule has 0 aromatic heterocycles. The number of carbonyl (C=O) groups is 1. The molecule has 1 rings (SSSR count). The number of piperazine rings is 1. The van der Waals surface area contributed by atoms with E-state index in [1.165, 1.54) is 0 Å². The minimum absolute atomic E-state index is 0.162. The smallest absolute Gasteiger partial charge is 0.323 e. The van der Waals surface area contributed by atoms with Crippen molar-refractivity contribution in [2.24, 2.45) is 0 Å². The van der Waals surface area contributed by atoms with Crippen molar-refractivity contribution in [1.82, 2.24) is 9.80 Å². The summed E-state index contributed by atoms with van der Waals surface area (Å²) in [4.78, 5) is 15.9. The van der Waals surface area contributed by atoms with Crippen LogP contribution in [-0.2, 0) is 9.53 Å². The van der Waals surface area contributed by atoms with Crippen molar-refractivity contribution in [1.29, 1.82) is 5.26 Å². The Bertz CT molecular complexity index is 328. The predicted molar refractivity (Wildman–Crippen MR) is 68.9 cm³/mol. The summed E-state index contributed by atoms with van der Waals surface area (Å²) in [5.74, 6) is -0.162. The molecule has 0 bridgehead atoms. The van der Waals surface area contributed by atoms with Gasteiger partial charge in [0.2, 0.25) is 0 Å². The summed E-state index contributed by atoms with van der Waals surface area (Å²) in [6.07, 6.45) is 0. The summed E-state index contributed by atoms with van der Waals surface area (Å²) in [5.41, 5.74) is -0.431. The first-order valence-electron chi connectivity index (χ1n) is 6.49. The molecule has 0 saturated carbocycles. The number of rotatable bonds is 4. The highest BCUT2D eigenvalue weighted by atomic mass is 16.5. The van der Waals surface area contributed by atoms with Crippen molar-refractivity contribution in [3.8, 4) is 6.07 Å². The van der Waals surface area contributed by atoms with Crippen LogP contribution in [0.4, 0.5) is 0 Å². The average Bonchev–Trinajstić information content (AvgIpc) is 2.38. The number of hydrogen-bond acceptors (Lipinski definition) is 5. The van der Waals surface area contributed by atoms with Gasteiger partial charge in [0.15, 0.2) is 0 Å². The van der Waals surface area contributed by atoms with E-state index in [-0.39, 0.29) is 12.0 Å². The minimum Gasteiger partial charge on any atom is -0.465 e. The zero-order chi connectivity index (χ0) is 13.8. The third kappa shape index (κ3) is 3.44. The van der Waals surface area contributed by atoms with Crippen LogP contribution in [-0.4, -0.2) is 60.1 Å². The summed E-state index contributed by atoms with van der Waals surface area (Å²) in [6, 6.07) is 2.12. The lowest BCUT2D eigenvalue weighted by molar-refractivity contribution is -0.149. The van der Waals surface area contributed by atoms with Gasteiger partial charge in [-0.1, -0.05) is 0 Å². The first-order valence-corrected chi connectivity index (χ1v) is 6.49. The molecule has 1 aliphatic rings. The summed E-state index contributed by atoms with van der Waals surface area (Å²) in [7, 11) is 0. The van der Waals surface area contributed by atoms with E-state index in [2.05, 4.69) is 15.9 Å². The molecular formula is C13H23N3O2. The Morgan fingerprint density at radius 3 is 2.39 bits per heavy atom. The quantitative estimate of drug-likeness (QED) is 0.695. The van der Waals surface area contributed by atoms with E-state index in [1.807, 2.05) is 27.7 Å². The number of nitriles is 1. The normalized spacial score (nSPS) is 20.2. The molecule has 1 aliphatic heterocycles. The number of nitrogens with zero attached hydrogens (tertiary/aromatic N) is 3. The Labute approximate surface area is 109 Å². The predicted octanol–water partition coefficient (Wildman–Crippen LogP) is 0.858. The van der Waals surface area contributed by atoms with E-state index >= 15 is 0 Å². The second kappa shape index (κ2) is 6.17. The summed E-state index contributed by atoms with van der Waals surface area (Å²) in [5, 5.41) is 9.10. The van der Waals surface area contributed by atoms with Gasteiger partial charge in [-0.05, 0) is 27.7 Å². The Kier molecular flexibility index (Phi) is 5.12. The van der Waals surface area contributed by atoms with Gasteiger partial charge in [0.1, 0.15) is 11.6 Å². The molecule has 1 heterocycles. The third-order valence-corrected chi connectivity index (χ3v) is 3.55. The molecule has 1 unspecified atom stereocenters. The van der Waals surface area contributed by atoms with Crippen LogP contribution in [0.25, 0.3) is 0 Å². The van der Waals surface area contributed by atoms with Gasteiger partial charge >= 0.3 is 5.97 Å². The lowest BCUT2D eigenvalue weighted by Gasteiger charge is -2.41. The number of hydrogen-bond donors (Lipinski definition) is 0. The van der Waals surface area contributed by atoms with Gasteiger partial charge in [-0.2, -0.15) is 5.26 Å². The van der Waals surface area contributed by atoms with Crippen LogP contribution in [0.5, 0.6) is 0 Å². The van der Waals surface area contributed by atoms with Gasteiger partial charge in [0.25, 0.3) is 0 Å². The van der Waals surface area contributed by atoms with Gasteiger partial charge in [-0.3, -0.25) is 14.6 Å². The summed E-state index contributed by atoms with van der Waals surface area (Å²) >= 11 is 0. The molecular weight excluding hydrogens is 230 g/mol. The first-order chi connectivity index (χ1) is 8.42. The van der Waals surface area contributed by atoms with Crippen LogP contribution in [0.3, 0.4) is 0 Å². The Hall–Kier alpha value is -1.12. The molecule has 0 amide bonds. The molecule has 5 heteroatoms. The van der Waals surface area contributed by atoms with E-state index in [9.17, 15) is 4.79 Å².